The van der Waals surface area contributed by atoms with Crippen LogP contribution in [0, 0.1) is 5.92 Å². The Kier molecular flexibility index (Phi) is 6.87. The van der Waals surface area contributed by atoms with Crippen LogP contribution in [0.25, 0.3) is 0 Å². The highest BCUT2D eigenvalue weighted by atomic mass is 19.4. The molecule has 1 aromatic rings. The molecule has 1 amide bonds. The third-order valence-electron chi connectivity index (χ3n) is 4.31. The van der Waals surface area contributed by atoms with Gasteiger partial charge in [0.2, 0.25) is 0 Å². The maximum atomic E-state index is 12.0. The second-order valence-corrected chi connectivity index (χ2v) is 6.20. The van der Waals surface area contributed by atoms with Crippen LogP contribution in [-0.2, 0) is 11.2 Å². The molecule has 1 saturated heterocycles. The van der Waals surface area contributed by atoms with Gasteiger partial charge in [0.05, 0.1) is 0 Å². The van der Waals surface area contributed by atoms with E-state index in [-0.39, 0.29) is 0 Å². The van der Waals surface area contributed by atoms with Crippen molar-refractivity contribution in [3.8, 4) is 0 Å². The number of rotatable bonds is 6. The van der Waals surface area contributed by atoms with Gasteiger partial charge in [-0.2, -0.15) is 13.2 Å². The first-order valence-corrected chi connectivity index (χ1v) is 8.31. The van der Waals surface area contributed by atoms with Gasteiger partial charge in [0.1, 0.15) is 0 Å². The van der Waals surface area contributed by atoms with Crippen molar-refractivity contribution in [1.82, 2.24) is 9.88 Å². The number of nitrogens with zero attached hydrogens (tertiary/aromatic N) is 2. The fraction of sp³-hybridized carbons (Fsp3) is 0.647. The van der Waals surface area contributed by atoms with E-state index in [1.165, 1.54) is 10.5 Å². The number of hydrogen-bond donors (Lipinski definition) is 0. The van der Waals surface area contributed by atoms with E-state index >= 15 is 0 Å². The van der Waals surface area contributed by atoms with Crippen LogP contribution in [0.3, 0.4) is 0 Å². The molecule has 2 rings (SSSR count). The number of carbonyl (C=O) groups is 1. The molecule has 24 heavy (non-hydrogen) atoms. The lowest BCUT2D eigenvalue weighted by atomic mass is 9.91. The van der Waals surface area contributed by atoms with Crippen molar-refractivity contribution < 1.29 is 22.7 Å². The van der Waals surface area contributed by atoms with Gasteiger partial charge in [0.25, 0.3) is 0 Å². The van der Waals surface area contributed by atoms with E-state index in [9.17, 15) is 18.0 Å². The topological polar surface area (TPSA) is 42.4 Å². The summed E-state index contributed by atoms with van der Waals surface area (Å²) in [6.07, 6.45) is 4.27. The van der Waals surface area contributed by atoms with Crippen molar-refractivity contribution in [3.05, 3.63) is 30.1 Å². The monoisotopic (exact) mass is 344 g/mol. The van der Waals surface area contributed by atoms with Gasteiger partial charge in [0.15, 0.2) is 6.61 Å². The molecule has 0 saturated carbocycles. The molecule has 4 nitrogen and oxygen atoms in total. The number of ether oxygens (including phenoxy) is 1. The lowest BCUT2D eigenvalue weighted by Gasteiger charge is -2.31. The minimum absolute atomic E-state index is 0.478. The Labute approximate surface area is 140 Å². The molecule has 0 radical (unpaired) electrons. The Morgan fingerprint density at radius 3 is 2.50 bits per heavy atom. The number of amides is 1. The van der Waals surface area contributed by atoms with Crippen molar-refractivity contribution in [2.45, 2.75) is 44.7 Å². The summed E-state index contributed by atoms with van der Waals surface area (Å²) in [5.74, 6) is 0.536. The van der Waals surface area contributed by atoms with Gasteiger partial charge in [-0.1, -0.05) is 12.8 Å². The first-order valence-electron chi connectivity index (χ1n) is 8.31. The predicted molar refractivity (Wildman–Crippen MR) is 83.5 cm³/mol. The zero-order valence-corrected chi connectivity index (χ0v) is 13.6. The molecule has 0 aliphatic carbocycles. The van der Waals surface area contributed by atoms with Crippen LogP contribution in [0.15, 0.2) is 24.5 Å². The summed E-state index contributed by atoms with van der Waals surface area (Å²) in [7, 11) is 0. The molecular formula is C17H23F3N2O2. The van der Waals surface area contributed by atoms with Crippen LogP contribution in [0.5, 0.6) is 0 Å². The summed E-state index contributed by atoms with van der Waals surface area (Å²) in [5, 5.41) is 0. The highest BCUT2D eigenvalue weighted by molar-refractivity contribution is 5.67. The number of alkyl halides is 3. The molecule has 1 aromatic heterocycles. The first kappa shape index (κ1) is 18.5. The van der Waals surface area contributed by atoms with Crippen molar-refractivity contribution in [2.75, 3.05) is 19.7 Å². The van der Waals surface area contributed by atoms with E-state index in [4.69, 9.17) is 0 Å². The third kappa shape index (κ3) is 6.76. The summed E-state index contributed by atoms with van der Waals surface area (Å²) in [4.78, 5) is 16.9. The van der Waals surface area contributed by atoms with Gasteiger partial charge in [-0.15, -0.1) is 0 Å². The Bertz CT molecular complexity index is 500. The second-order valence-electron chi connectivity index (χ2n) is 6.20. The number of aromatic nitrogens is 1. The van der Waals surface area contributed by atoms with E-state index in [0.717, 1.165) is 38.5 Å². The minimum Gasteiger partial charge on any atom is -0.440 e. The maximum absolute atomic E-state index is 12.0. The van der Waals surface area contributed by atoms with E-state index in [0.29, 0.717) is 19.0 Å². The zero-order valence-electron chi connectivity index (χ0n) is 13.6. The van der Waals surface area contributed by atoms with Crippen LogP contribution in [0.1, 0.15) is 37.7 Å². The van der Waals surface area contributed by atoms with Gasteiger partial charge in [-0.3, -0.25) is 4.98 Å². The summed E-state index contributed by atoms with van der Waals surface area (Å²) in [6, 6.07) is 4.04. The predicted octanol–water partition coefficient (Wildman–Crippen LogP) is 4.21. The van der Waals surface area contributed by atoms with Crippen LogP contribution in [0.2, 0.25) is 0 Å². The molecule has 134 valence electrons. The van der Waals surface area contributed by atoms with Crippen molar-refractivity contribution in [2.24, 2.45) is 5.92 Å². The van der Waals surface area contributed by atoms with Gasteiger partial charge >= 0.3 is 12.3 Å². The van der Waals surface area contributed by atoms with Crippen LogP contribution in [-0.4, -0.2) is 41.8 Å². The Morgan fingerprint density at radius 1 is 1.21 bits per heavy atom. The van der Waals surface area contributed by atoms with E-state index in [1.54, 1.807) is 12.4 Å². The maximum Gasteiger partial charge on any atom is 0.422 e. The largest absolute Gasteiger partial charge is 0.440 e. The van der Waals surface area contributed by atoms with Gasteiger partial charge in [-0.25, -0.2) is 4.79 Å². The van der Waals surface area contributed by atoms with Crippen molar-refractivity contribution >= 4 is 6.09 Å². The summed E-state index contributed by atoms with van der Waals surface area (Å²) >= 11 is 0. The highest BCUT2D eigenvalue weighted by Crippen LogP contribution is 2.24. The number of hydrogen-bond acceptors (Lipinski definition) is 3. The number of piperidine rings is 1. The molecule has 0 unspecified atom stereocenters. The molecule has 0 atom stereocenters. The number of halogens is 3. The Morgan fingerprint density at radius 2 is 1.88 bits per heavy atom. The Balaban J connectivity index is 1.58. The minimum atomic E-state index is -4.47. The van der Waals surface area contributed by atoms with Crippen LogP contribution < -0.4 is 0 Å². The number of aryl methyl sites for hydroxylation is 1. The highest BCUT2D eigenvalue weighted by Gasteiger charge is 2.31. The third-order valence-corrected chi connectivity index (χ3v) is 4.31. The fourth-order valence-corrected chi connectivity index (χ4v) is 2.95. The van der Waals surface area contributed by atoms with Gasteiger partial charge < -0.3 is 9.64 Å². The molecule has 2 heterocycles. The van der Waals surface area contributed by atoms with Crippen molar-refractivity contribution in [3.63, 3.8) is 0 Å². The summed E-state index contributed by atoms with van der Waals surface area (Å²) in [6.45, 7) is -0.557. The quantitative estimate of drug-likeness (QED) is 0.726. The molecule has 0 aromatic carbocycles. The Hall–Kier alpha value is -1.79. The van der Waals surface area contributed by atoms with Gasteiger partial charge in [0, 0.05) is 25.5 Å². The number of carbonyl (C=O) groups excluding carboxylic acids is 1. The first-order chi connectivity index (χ1) is 11.4. The smallest absolute Gasteiger partial charge is 0.422 e. The average Bonchev–Trinajstić information content (AvgIpc) is 2.57. The normalized spacial score (nSPS) is 16.2. The van der Waals surface area contributed by atoms with E-state index < -0.39 is 18.9 Å². The molecule has 1 aliphatic rings. The lowest BCUT2D eigenvalue weighted by molar-refractivity contribution is -0.162. The zero-order chi connectivity index (χ0) is 17.4. The SMILES string of the molecule is O=C(OCC(F)(F)F)N1CCC(CCCCc2ccncc2)CC1. The van der Waals surface area contributed by atoms with Crippen LogP contribution in [0.4, 0.5) is 18.0 Å². The molecule has 7 heteroatoms. The molecule has 1 aliphatic heterocycles. The van der Waals surface area contributed by atoms with E-state index in [1.807, 2.05) is 12.1 Å². The molecule has 0 bridgehead atoms. The number of unbranched alkanes of at least 4 members (excludes halogenated alkanes) is 1. The van der Waals surface area contributed by atoms with Crippen LogP contribution >= 0.6 is 0 Å². The average molecular weight is 344 g/mol. The molecule has 0 spiro atoms. The molecule has 0 N–H and O–H groups in total. The second kappa shape index (κ2) is 8.89. The molecule has 1 fully saturated rings. The fourth-order valence-electron chi connectivity index (χ4n) is 2.95. The van der Waals surface area contributed by atoms with E-state index in [2.05, 4.69) is 9.72 Å². The molecular weight excluding hydrogens is 321 g/mol. The lowest BCUT2D eigenvalue weighted by Crippen LogP contribution is -2.40. The van der Waals surface area contributed by atoms with Crippen molar-refractivity contribution in [1.29, 1.82) is 0 Å². The van der Waals surface area contributed by atoms with Gasteiger partial charge in [-0.05, 0) is 49.3 Å². The standard InChI is InChI=1S/C17H23F3N2O2/c18-17(19,20)13-24-16(23)22-11-7-15(8-12-22)4-2-1-3-14-5-9-21-10-6-14/h5-6,9-10,15H,1-4,7-8,11-13H2. The summed E-state index contributed by atoms with van der Waals surface area (Å²) in [5.41, 5.74) is 1.28. The summed E-state index contributed by atoms with van der Waals surface area (Å²) < 4.78 is 40.4. The number of likely N-dealkylation sites (tertiary alicyclic amines) is 1. The number of pyridine rings is 1.